The number of rotatable bonds is 4. The number of nitrogens with two attached hydrogens (primary N) is 1. The van der Waals surface area contributed by atoms with Crippen LogP contribution >= 0.6 is 0 Å². The summed E-state index contributed by atoms with van der Waals surface area (Å²) in [5.41, 5.74) is 5.79. The molecule has 2 saturated heterocycles. The van der Waals surface area contributed by atoms with E-state index in [9.17, 15) is 18.0 Å². The Balaban J connectivity index is 1.70. The third kappa shape index (κ3) is 3.69. The average Bonchev–Trinajstić information content (AvgIpc) is 3.16. The van der Waals surface area contributed by atoms with E-state index in [0.717, 1.165) is 25.9 Å². The lowest BCUT2D eigenvalue weighted by Crippen LogP contribution is -2.41. The average molecular weight is 365 g/mol. The lowest BCUT2D eigenvalue weighted by Gasteiger charge is -2.29. The van der Waals surface area contributed by atoms with Gasteiger partial charge in [-0.2, -0.15) is 4.31 Å². The molecule has 3 rings (SSSR count). The molecule has 8 heteroatoms. The van der Waals surface area contributed by atoms with Crippen molar-refractivity contribution in [2.75, 3.05) is 26.2 Å². The Morgan fingerprint density at radius 1 is 0.960 bits per heavy atom. The van der Waals surface area contributed by atoms with Crippen LogP contribution in [0.1, 0.15) is 36.0 Å². The van der Waals surface area contributed by atoms with Crippen molar-refractivity contribution in [3.8, 4) is 0 Å². The second-order valence-corrected chi connectivity index (χ2v) is 8.54. The molecule has 2 N–H and O–H groups in total. The number of amides is 2. The fourth-order valence-electron chi connectivity index (χ4n) is 3.40. The number of hydrogen-bond donors (Lipinski definition) is 1. The number of piperidine rings is 1. The molecule has 2 heterocycles. The van der Waals surface area contributed by atoms with E-state index in [2.05, 4.69) is 0 Å². The summed E-state index contributed by atoms with van der Waals surface area (Å²) in [5, 5.41) is 0. The van der Waals surface area contributed by atoms with Gasteiger partial charge in [-0.1, -0.05) is 0 Å². The first-order chi connectivity index (χ1) is 11.9. The summed E-state index contributed by atoms with van der Waals surface area (Å²) in [4.78, 5) is 25.5. The molecule has 1 aromatic rings. The number of hydrogen-bond acceptors (Lipinski definition) is 4. The highest BCUT2D eigenvalue weighted by Gasteiger charge is 2.31. The van der Waals surface area contributed by atoms with Gasteiger partial charge in [0.2, 0.25) is 15.9 Å². The molecule has 0 aliphatic carbocycles. The van der Waals surface area contributed by atoms with Gasteiger partial charge in [-0.05, 0) is 49.9 Å². The maximum absolute atomic E-state index is 12.7. The number of nitrogens with zero attached hydrogens (tertiary/aromatic N) is 2. The Morgan fingerprint density at radius 3 is 2.04 bits per heavy atom. The fraction of sp³-hybridized carbons (Fsp3) is 0.529. The molecule has 2 aliphatic rings. The summed E-state index contributed by atoms with van der Waals surface area (Å²) < 4.78 is 26.8. The summed E-state index contributed by atoms with van der Waals surface area (Å²) >= 11 is 0. The molecule has 0 aromatic heterocycles. The van der Waals surface area contributed by atoms with E-state index < -0.39 is 10.0 Å². The third-order valence-electron chi connectivity index (χ3n) is 4.99. The summed E-state index contributed by atoms with van der Waals surface area (Å²) in [7, 11) is -3.62. The maximum Gasteiger partial charge on any atom is 0.253 e. The number of carbonyl (C=O) groups excluding carboxylic acids is 2. The van der Waals surface area contributed by atoms with Crippen LogP contribution in [0.15, 0.2) is 29.2 Å². The number of primary amides is 1. The molecule has 2 aliphatic heterocycles. The van der Waals surface area contributed by atoms with Crippen molar-refractivity contribution in [2.45, 2.75) is 30.6 Å². The Hall–Kier alpha value is -1.93. The Labute approximate surface area is 147 Å². The van der Waals surface area contributed by atoms with Crippen LogP contribution in [0.4, 0.5) is 0 Å². The second kappa shape index (κ2) is 7.13. The van der Waals surface area contributed by atoms with Crippen molar-refractivity contribution in [3.63, 3.8) is 0 Å². The van der Waals surface area contributed by atoms with Crippen molar-refractivity contribution < 1.29 is 18.0 Å². The van der Waals surface area contributed by atoms with E-state index in [-0.39, 0.29) is 35.7 Å². The van der Waals surface area contributed by atoms with Gasteiger partial charge in [0.1, 0.15) is 0 Å². The van der Waals surface area contributed by atoms with Crippen LogP contribution < -0.4 is 5.73 Å². The quantitative estimate of drug-likeness (QED) is 0.853. The molecular formula is C17H23N3O4S. The lowest BCUT2D eigenvalue weighted by atomic mass is 9.98. The largest absolute Gasteiger partial charge is 0.369 e. The molecule has 2 amide bonds. The van der Waals surface area contributed by atoms with Crippen LogP contribution in [0.2, 0.25) is 0 Å². The smallest absolute Gasteiger partial charge is 0.253 e. The predicted octanol–water partition coefficient (Wildman–Crippen LogP) is 0.809. The number of likely N-dealkylation sites (tertiary alicyclic amines) is 1. The van der Waals surface area contributed by atoms with Gasteiger partial charge in [-0.15, -0.1) is 0 Å². The van der Waals surface area contributed by atoms with Crippen molar-refractivity contribution in [1.82, 2.24) is 9.21 Å². The molecule has 0 spiro atoms. The second-order valence-electron chi connectivity index (χ2n) is 6.60. The topological polar surface area (TPSA) is 101 Å². The summed E-state index contributed by atoms with van der Waals surface area (Å²) in [6.45, 7) is 2.08. The predicted molar refractivity (Wildman–Crippen MR) is 92.3 cm³/mol. The van der Waals surface area contributed by atoms with E-state index in [1.807, 2.05) is 0 Å². The normalized spacial score (nSPS) is 19.9. The highest BCUT2D eigenvalue weighted by molar-refractivity contribution is 7.89. The van der Waals surface area contributed by atoms with E-state index in [1.54, 1.807) is 17.0 Å². The van der Waals surface area contributed by atoms with Gasteiger partial charge in [0, 0.05) is 37.7 Å². The van der Waals surface area contributed by atoms with Crippen LogP contribution in [0.25, 0.3) is 0 Å². The summed E-state index contributed by atoms with van der Waals surface area (Å²) in [6.07, 6.45) is 2.92. The number of sulfonamides is 1. The molecule has 0 radical (unpaired) electrons. The molecular weight excluding hydrogens is 342 g/mol. The molecule has 0 saturated carbocycles. The van der Waals surface area contributed by atoms with Crippen molar-refractivity contribution in [3.05, 3.63) is 29.8 Å². The third-order valence-corrected chi connectivity index (χ3v) is 6.90. The van der Waals surface area contributed by atoms with Gasteiger partial charge in [0.25, 0.3) is 5.91 Å². The Bertz CT molecular complexity index is 747. The Kier molecular flexibility index (Phi) is 5.10. The molecule has 0 atom stereocenters. The van der Waals surface area contributed by atoms with E-state index >= 15 is 0 Å². The van der Waals surface area contributed by atoms with E-state index in [0.29, 0.717) is 18.4 Å². The van der Waals surface area contributed by atoms with Crippen LogP contribution in [0.5, 0.6) is 0 Å². The van der Waals surface area contributed by atoms with Crippen LogP contribution in [0, 0.1) is 5.92 Å². The molecule has 2 fully saturated rings. The van der Waals surface area contributed by atoms with Crippen molar-refractivity contribution in [1.29, 1.82) is 0 Å². The zero-order valence-corrected chi connectivity index (χ0v) is 14.9. The first-order valence-corrected chi connectivity index (χ1v) is 10.0. The fourth-order valence-corrected chi connectivity index (χ4v) is 4.87. The number of benzene rings is 1. The van der Waals surface area contributed by atoms with Crippen LogP contribution in [-0.2, 0) is 14.8 Å². The van der Waals surface area contributed by atoms with Crippen molar-refractivity contribution in [2.24, 2.45) is 11.7 Å². The minimum Gasteiger partial charge on any atom is -0.369 e. The molecule has 0 bridgehead atoms. The lowest BCUT2D eigenvalue weighted by molar-refractivity contribution is -0.122. The first-order valence-electron chi connectivity index (χ1n) is 8.58. The van der Waals surface area contributed by atoms with Crippen molar-refractivity contribution >= 4 is 21.8 Å². The van der Waals surface area contributed by atoms with E-state index in [4.69, 9.17) is 5.73 Å². The van der Waals surface area contributed by atoms with Crippen LogP contribution in [-0.4, -0.2) is 55.6 Å². The van der Waals surface area contributed by atoms with Gasteiger partial charge in [0.15, 0.2) is 0 Å². The summed E-state index contributed by atoms with van der Waals surface area (Å²) in [5.74, 6) is -0.683. The standard InChI is InChI=1S/C17H23N3O4S/c18-16(21)13-7-11-20(12-8-13)25(23,24)15-5-3-14(4-6-15)17(22)19-9-1-2-10-19/h3-6,13H,1-2,7-12H2,(H2,18,21). The van der Waals surface area contributed by atoms with Gasteiger partial charge in [0.05, 0.1) is 4.90 Å². The van der Waals surface area contributed by atoms with Crippen LogP contribution in [0.3, 0.4) is 0 Å². The SMILES string of the molecule is NC(=O)C1CCN(S(=O)(=O)c2ccc(C(=O)N3CCCC3)cc2)CC1. The zero-order valence-electron chi connectivity index (χ0n) is 14.1. The van der Waals surface area contributed by atoms with E-state index in [1.165, 1.54) is 16.4 Å². The summed E-state index contributed by atoms with van der Waals surface area (Å²) in [6, 6.07) is 6.12. The molecule has 0 unspecified atom stereocenters. The minimum atomic E-state index is -3.62. The zero-order chi connectivity index (χ0) is 18.0. The van der Waals surface area contributed by atoms with Gasteiger partial charge in [-0.25, -0.2) is 8.42 Å². The molecule has 7 nitrogen and oxygen atoms in total. The van der Waals surface area contributed by atoms with Gasteiger partial charge >= 0.3 is 0 Å². The van der Waals surface area contributed by atoms with Gasteiger partial charge < -0.3 is 10.6 Å². The monoisotopic (exact) mass is 365 g/mol. The maximum atomic E-state index is 12.7. The minimum absolute atomic E-state index is 0.0521. The molecule has 1 aromatic carbocycles. The highest BCUT2D eigenvalue weighted by atomic mass is 32.2. The highest BCUT2D eigenvalue weighted by Crippen LogP contribution is 2.24. The van der Waals surface area contributed by atoms with Gasteiger partial charge in [-0.3, -0.25) is 9.59 Å². The molecule has 136 valence electrons. The Morgan fingerprint density at radius 2 is 1.52 bits per heavy atom. The molecule has 25 heavy (non-hydrogen) atoms. The first kappa shape index (κ1) is 17.9. The number of carbonyl (C=O) groups is 2.